The fraction of sp³-hybridized carbons (Fsp3) is 0.846. The molecule has 1 N–H and O–H groups in total. The summed E-state index contributed by atoms with van der Waals surface area (Å²) in [5, 5.41) is 3.53. The SMILES string of the molecule is C=C(CC)CC(NCC)C(OC)C1CC1. The van der Waals surface area contributed by atoms with Gasteiger partial charge in [-0.15, -0.1) is 0 Å². The number of hydrogen-bond donors (Lipinski definition) is 1. The Kier molecular flexibility index (Phi) is 5.34. The largest absolute Gasteiger partial charge is 0.380 e. The van der Waals surface area contributed by atoms with Crippen LogP contribution in [0.15, 0.2) is 12.2 Å². The summed E-state index contributed by atoms with van der Waals surface area (Å²) in [5.74, 6) is 0.781. The Labute approximate surface area is 94.1 Å². The summed E-state index contributed by atoms with van der Waals surface area (Å²) in [6.45, 7) is 9.43. The number of methoxy groups -OCH3 is 1. The van der Waals surface area contributed by atoms with E-state index in [-0.39, 0.29) is 0 Å². The van der Waals surface area contributed by atoms with Gasteiger partial charge in [-0.1, -0.05) is 26.0 Å². The van der Waals surface area contributed by atoms with Gasteiger partial charge in [0.25, 0.3) is 0 Å². The quantitative estimate of drug-likeness (QED) is 0.623. The van der Waals surface area contributed by atoms with Crippen molar-refractivity contribution in [3.05, 3.63) is 12.2 Å². The van der Waals surface area contributed by atoms with Crippen molar-refractivity contribution >= 4 is 0 Å². The molecule has 1 saturated carbocycles. The minimum absolute atomic E-state index is 0.383. The highest BCUT2D eigenvalue weighted by Crippen LogP contribution is 2.36. The number of hydrogen-bond acceptors (Lipinski definition) is 2. The molecular weight excluding hydrogens is 186 g/mol. The molecule has 1 fully saturated rings. The van der Waals surface area contributed by atoms with Crippen molar-refractivity contribution < 1.29 is 4.74 Å². The van der Waals surface area contributed by atoms with Crippen LogP contribution in [0.1, 0.15) is 39.5 Å². The summed E-state index contributed by atoms with van der Waals surface area (Å²) < 4.78 is 5.63. The molecule has 0 spiro atoms. The first-order chi connectivity index (χ1) is 7.22. The molecule has 0 aromatic rings. The normalized spacial score (nSPS) is 19.9. The lowest BCUT2D eigenvalue weighted by Crippen LogP contribution is -2.42. The van der Waals surface area contributed by atoms with Crippen molar-refractivity contribution in [3.63, 3.8) is 0 Å². The molecule has 15 heavy (non-hydrogen) atoms. The van der Waals surface area contributed by atoms with Crippen molar-refractivity contribution in [2.75, 3.05) is 13.7 Å². The van der Waals surface area contributed by atoms with Crippen LogP contribution in [0, 0.1) is 5.92 Å². The highest BCUT2D eigenvalue weighted by atomic mass is 16.5. The van der Waals surface area contributed by atoms with Gasteiger partial charge in [0.2, 0.25) is 0 Å². The van der Waals surface area contributed by atoms with Crippen LogP contribution in [0.5, 0.6) is 0 Å². The molecule has 0 amide bonds. The van der Waals surface area contributed by atoms with Crippen LogP contribution in [-0.2, 0) is 4.74 Å². The van der Waals surface area contributed by atoms with E-state index < -0.39 is 0 Å². The molecule has 0 aliphatic heterocycles. The van der Waals surface area contributed by atoms with E-state index in [1.165, 1.54) is 18.4 Å². The Bertz CT molecular complexity index is 199. The van der Waals surface area contributed by atoms with Crippen LogP contribution in [0.2, 0.25) is 0 Å². The van der Waals surface area contributed by atoms with Gasteiger partial charge in [-0.2, -0.15) is 0 Å². The Morgan fingerprint density at radius 1 is 1.47 bits per heavy atom. The number of rotatable bonds is 8. The fourth-order valence-corrected chi connectivity index (χ4v) is 2.13. The molecule has 88 valence electrons. The lowest BCUT2D eigenvalue weighted by molar-refractivity contribution is 0.0514. The van der Waals surface area contributed by atoms with Crippen LogP contribution in [0.4, 0.5) is 0 Å². The molecule has 0 saturated heterocycles. The molecule has 2 unspecified atom stereocenters. The first-order valence-corrected chi connectivity index (χ1v) is 6.15. The molecule has 0 heterocycles. The van der Waals surface area contributed by atoms with Crippen molar-refractivity contribution in [3.8, 4) is 0 Å². The van der Waals surface area contributed by atoms with Gasteiger partial charge in [-0.3, -0.25) is 0 Å². The van der Waals surface area contributed by atoms with Gasteiger partial charge in [0.1, 0.15) is 0 Å². The third-order valence-corrected chi connectivity index (χ3v) is 3.23. The standard InChI is InChI=1S/C13H25NO/c1-5-10(3)9-12(14-6-2)13(15-4)11-7-8-11/h11-14H,3,5-9H2,1-2,4H3. The van der Waals surface area contributed by atoms with Crippen molar-refractivity contribution in [1.82, 2.24) is 5.32 Å². The van der Waals surface area contributed by atoms with Crippen molar-refractivity contribution in [2.45, 2.75) is 51.7 Å². The van der Waals surface area contributed by atoms with Gasteiger partial charge < -0.3 is 10.1 Å². The van der Waals surface area contributed by atoms with Crippen molar-refractivity contribution in [2.24, 2.45) is 5.92 Å². The zero-order chi connectivity index (χ0) is 11.3. The van der Waals surface area contributed by atoms with Crippen LogP contribution < -0.4 is 5.32 Å². The summed E-state index contributed by atoms with van der Waals surface area (Å²) in [6, 6.07) is 0.458. The minimum atomic E-state index is 0.383. The molecule has 0 aromatic carbocycles. The zero-order valence-corrected chi connectivity index (χ0v) is 10.4. The van der Waals surface area contributed by atoms with Crippen LogP contribution in [-0.4, -0.2) is 25.8 Å². The predicted octanol–water partition coefficient (Wildman–Crippen LogP) is 2.75. The molecule has 2 nitrogen and oxygen atoms in total. The predicted molar refractivity (Wildman–Crippen MR) is 65.0 cm³/mol. The first kappa shape index (κ1) is 12.7. The molecule has 2 atom stereocenters. The van der Waals surface area contributed by atoms with Gasteiger partial charge in [-0.25, -0.2) is 0 Å². The Morgan fingerprint density at radius 3 is 2.53 bits per heavy atom. The second-order valence-electron chi connectivity index (χ2n) is 4.51. The molecule has 0 radical (unpaired) electrons. The van der Waals surface area contributed by atoms with Crippen molar-refractivity contribution in [1.29, 1.82) is 0 Å². The van der Waals surface area contributed by atoms with Gasteiger partial charge in [0.05, 0.1) is 6.10 Å². The van der Waals surface area contributed by atoms with E-state index in [0.29, 0.717) is 12.1 Å². The summed E-state index contributed by atoms with van der Waals surface area (Å²) in [7, 11) is 1.84. The molecule has 0 bridgehead atoms. The second-order valence-corrected chi connectivity index (χ2v) is 4.51. The topological polar surface area (TPSA) is 21.3 Å². The van der Waals surface area contributed by atoms with Crippen LogP contribution >= 0.6 is 0 Å². The minimum Gasteiger partial charge on any atom is -0.380 e. The number of ether oxygens (including phenoxy) is 1. The maximum Gasteiger partial charge on any atom is 0.0755 e. The molecule has 1 aliphatic rings. The van der Waals surface area contributed by atoms with E-state index in [4.69, 9.17) is 4.74 Å². The molecule has 1 rings (SSSR count). The first-order valence-electron chi connectivity index (χ1n) is 6.15. The van der Waals surface area contributed by atoms with E-state index in [1.54, 1.807) is 0 Å². The summed E-state index contributed by atoms with van der Waals surface area (Å²) in [5.41, 5.74) is 1.32. The van der Waals surface area contributed by atoms with E-state index in [1.807, 2.05) is 7.11 Å². The van der Waals surface area contributed by atoms with Gasteiger partial charge in [0.15, 0.2) is 0 Å². The van der Waals surface area contributed by atoms with E-state index in [9.17, 15) is 0 Å². The Morgan fingerprint density at radius 2 is 2.13 bits per heavy atom. The van der Waals surface area contributed by atoms with E-state index >= 15 is 0 Å². The fourth-order valence-electron chi connectivity index (χ4n) is 2.13. The number of nitrogens with one attached hydrogen (secondary N) is 1. The third kappa shape index (κ3) is 3.96. The molecule has 1 aliphatic carbocycles. The average molecular weight is 211 g/mol. The van der Waals surface area contributed by atoms with Crippen LogP contribution in [0.25, 0.3) is 0 Å². The summed E-state index contributed by atoms with van der Waals surface area (Å²) in [6.07, 6.45) is 5.17. The third-order valence-electron chi connectivity index (χ3n) is 3.23. The van der Waals surface area contributed by atoms with Crippen LogP contribution in [0.3, 0.4) is 0 Å². The van der Waals surface area contributed by atoms with E-state index in [2.05, 4.69) is 25.7 Å². The molecule has 2 heteroatoms. The van der Waals surface area contributed by atoms with Gasteiger partial charge >= 0.3 is 0 Å². The Balaban J connectivity index is 2.49. The summed E-state index contributed by atoms with van der Waals surface area (Å²) >= 11 is 0. The zero-order valence-electron chi connectivity index (χ0n) is 10.4. The molecular formula is C13H25NO. The molecule has 0 aromatic heterocycles. The summed E-state index contributed by atoms with van der Waals surface area (Å²) in [4.78, 5) is 0. The van der Waals surface area contributed by atoms with Gasteiger partial charge in [0, 0.05) is 13.2 Å². The maximum absolute atomic E-state index is 5.63. The van der Waals surface area contributed by atoms with E-state index in [0.717, 1.165) is 25.3 Å². The highest BCUT2D eigenvalue weighted by Gasteiger charge is 2.36. The number of likely N-dealkylation sites (N-methyl/N-ethyl adjacent to an activating group) is 1. The smallest absolute Gasteiger partial charge is 0.0755 e. The second kappa shape index (κ2) is 6.29. The lowest BCUT2D eigenvalue weighted by Gasteiger charge is -2.27. The average Bonchev–Trinajstić information content (AvgIpc) is 3.03. The maximum atomic E-state index is 5.63. The lowest BCUT2D eigenvalue weighted by atomic mass is 9.97. The Hall–Kier alpha value is -0.340. The monoisotopic (exact) mass is 211 g/mol. The highest BCUT2D eigenvalue weighted by molar-refractivity contribution is 5.01. The van der Waals surface area contributed by atoms with Gasteiger partial charge in [-0.05, 0) is 38.1 Å².